The Balaban J connectivity index is 3.24. The van der Waals surface area contributed by atoms with E-state index < -0.39 is 17.3 Å². The van der Waals surface area contributed by atoms with Crippen LogP contribution in [0, 0.1) is 0 Å². The fraction of sp³-hybridized carbons (Fsp3) is 0.500. The van der Waals surface area contributed by atoms with Crippen LogP contribution in [-0.2, 0) is 12.6 Å². The average molecular weight is 247 g/mol. The first-order chi connectivity index (χ1) is 7.65. The van der Waals surface area contributed by atoms with Crippen molar-refractivity contribution in [3.63, 3.8) is 0 Å². The summed E-state index contributed by atoms with van der Waals surface area (Å²) in [5.74, 6) is -0.140. The maximum Gasteiger partial charge on any atom is 0.419 e. The van der Waals surface area contributed by atoms with Crippen molar-refractivity contribution in [1.29, 1.82) is 0 Å². The standard InChI is InChI=1S/C12H16F3NO/c1-11(2,16)7-8-5-4-6-9(10(8)17-3)12(13,14)15/h4-6H,7,16H2,1-3H3. The number of alkyl halides is 3. The van der Waals surface area contributed by atoms with Crippen LogP contribution in [0.4, 0.5) is 13.2 Å². The molecule has 0 aliphatic carbocycles. The van der Waals surface area contributed by atoms with E-state index in [1.807, 2.05) is 0 Å². The normalized spacial score (nSPS) is 12.6. The second kappa shape index (κ2) is 4.56. The van der Waals surface area contributed by atoms with Gasteiger partial charge in [-0.05, 0) is 31.9 Å². The molecule has 0 amide bonds. The number of nitrogens with two attached hydrogens (primary N) is 1. The predicted octanol–water partition coefficient (Wildman–Crippen LogP) is 2.99. The highest BCUT2D eigenvalue weighted by Gasteiger charge is 2.35. The molecule has 0 fully saturated rings. The van der Waals surface area contributed by atoms with Crippen LogP contribution in [0.15, 0.2) is 18.2 Å². The first kappa shape index (κ1) is 13.8. The Morgan fingerprint density at radius 2 is 1.82 bits per heavy atom. The largest absolute Gasteiger partial charge is 0.496 e. The van der Waals surface area contributed by atoms with Gasteiger partial charge in [-0.1, -0.05) is 12.1 Å². The predicted molar refractivity (Wildman–Crippen MR) is 60.0 cm³/mol. The van der Waals surface area contributed by atoms with Crippen molar-refractivity contribution in [3.05, 3.63) is 29.3 Å². The number of ether oxygens (including phenoxy) is 1. The van der Waals surface area contributed by atoms with Gasteiger partial charge in [-0.25, -0.2) is 0 Å². The topological polar surface area (TPSA) is 35.2 Å². The highest BCUT2D eigenvalue weighted by atomic mass is 19.4. The van der Waals surface area contributed by atoms with Crippen LogP contribution < -0.4 is 10.5 Å². The minimum absolute atomic E-state index is 0.140. The first-order valence-electron chi connectivity index (χ1n) is 5.17. The van der Waals surface area contributed by atoms with Crippen LogP contribution >= 0.6 is 0 Å². The summed E-state index contributed by atoms with van der Waals surface area (Å²) in [4.78, 5) is 0. The van der Waals surface area contributed by atoms with E-state index in [-0.39, 0.29) is 5.75 Å². The monoisotopic (exact) mass is 247 g/mol. The van der Waals surface area contributed by atoms with Crippen molar-refractivity contribution in [2.45, 2.75) is 32.0 Å². The molecule has 2 N–H and O–H groups in total. The lowest BCUT2D eigenvalue weighted by Crippen LogP contribution is -2.34. The van der Waals surface area contributed by atoms with Gasteiger partial charge in [0.15, 0.2) is 0 Å². The molecule has 1 aromatic rings. The molecule has 0 aromatic heterocycles. The Hall–Kier alpha value is -1.23. The number of hydrogen-bond acceptors (Lipinski definition) is 2. The fourth-order valence-corrected chi connectivity index (χ4v) is 1.68. The van der Waals surface area contributed by atoms with E-state index in [9.17, 15) is 13.2 Å². The molecule has 0 atom stereocenters. The summed E-state index contributed by atoms with van der Waals surface area (Å²) < 4.78 is 43.1. The van der Waals surface area contributed by atoms with Crippen molar-refractivity contribution < 1.29 is 17.9 Å². The molecular formula is C12H16F3NO. The van der Waals surface area contributed by atoms with E-state index in [0.29, 0.717) is 12.0 Å². The average Bonchev–Trinajstić information content (AvgIpc) is 2.13. The third-order valence-electron chi connectivity index (χ3n) is 2.25. The van der Waals surface area contributed by atoms with Gasteiger partial charge in [0.1, 0.15) is 5.75 Å². The lowest BCUT2D eigenvalue weighted by molar-refractivity contribution is -0.138. The van der Waals surface area contributed by atoms with Gasteiger partial charge in [0, 0.05) is 5.54 Å². The SMILES string of the molecule is COc1c(CC(C)(C)N)cccc1C(F)(F)F. The molecule has 1 rings (SSSR count). The molecule has 0 saturated heterocycles. The number of para-hydroxylation sites is 1. The zero-order valence-electron chi connectivity index (χ0n) is 10.1. The molecule has 96 valence electrons. The molecule has 0 radical (unpaired) electrons. The molecule has 5 heteroatoms. The smallest absolute Gasteiger partial charge is 0.419 e. The van der Waals surface area contributed by atoms with Crippen molar-refractivity contribution in [1.82, 2.24) is 0 Å². The van der Waals surface area contributed by atoms with Gasteiger partial charge >= 0.3 is 6.18 Å². The highest BCUT2D eigenvalue weighted by Crippen LogP contribution is 2.38. The van der Waals surface area contributed by atoms with Gasteiger partial charge in [-0.15, -0.1) is 0 Å². The Morgan fingerprint density at radius 1 is 1.24 bits per heavy atom. The summed E-state index contributed by atoms with van der Waals surface area (Å²) in [7, 11) is 1.23. The fourth-order valence-electron chi connectivity index (χ4n) is 1.68. The minimum atomic E-state index is -4.42. The maximum atomic E-state index is 12.7. The summed E-state index contributed by atoms with van der Waals surface area (Å²) in [6, 6.07) is 3.97. The molecule has 17 heavy (non-hydrogen) atoms. The van der Waals surface area contributed by atoms with Crippen molar-refractivity contribution >= 4 is 0 Å². The second-order valence-corrected chi connectivity index (χ2v) is 4.66. The molecule has 0 aliphatic rings. The molecule has 0 saturated carbocycles. The molecule has 0 aliphatic heterocycles. The van der Waals surface area contributed by atoms with Crippen LogP contribution in [0.2, 0.25) is 0 Å². The summed E-state index contributed by atoms with van der Waals surface area (Å²) in [5, 5.41) is 0. The lowest BCUT2D eigenvalue weighted by atomic mass is 9.94. The van der Waals surface area contributed by atoms with E-state index in [1.165, 1.54) is 13.2 Å². The maximum absolute atomic E-state index is 12.7. The molecule has 0 spiro atoms. The summed E-state index contributed by atoms with van der Waals surface area (Å²) in [6.07, 6.45) is -4.10. The van der Waals surface area contributed by atoms with Gasteiger partial charge in [-0.3, -0.25) is 0 Å². The molecule has 0 bridgehead atoms. The molecule has 2 nitrogen and oxygen atoms in total. The van der Waals surface area contributed by atoms with Crippen molar-refractivity contribution in [2.75, 3.05) is 7.11 Å². The zero-order chi connectivity index (χ0) is 13.3. The summed E-state index contributed by atoms with van der Waals surface area (Å²) in [6.45, 7) is 3.51. The second-order valence-electron chi connectivity index (χ2n) is 4.66. The molecule has 1 aromatic carbocycles. The number of benzene rings is 1. The van der Waals surface area contributed by atoms with E-state index in [0.717, 1.165) is 6.07 Å². The Kier molecular flexibility index (Phi) is 3.71. The Morgan fingerprint density at radius 3 is 2.24 bits per heavy atom. The van der Waals surface area contributed by atoms with Crippen LogP contribution in [0.1, 0.15) is 25.0 Å². The van der Waals surface area contributed by atoms with Gasteiger partial charge in [0.25, 0.3) is 0 Å². The van der Waals surface area contributed by atoms with Gasteiger partial charge < -0.3 is 10.5 Å². The molecule has 0 heterocycles. The third-order valence-corrected chi connectivity index (χ3v) is 2.25. The summed E-state index contributed by atoms with van der Waals surface area (Å²) in [5.41, 5.74) is 4.93. The quantitative estimate of drug-likeness (QED) is 0.891. The van der Waals surface area contributed by atoms with Crippen LogP contribution in [0.3, 0.4) is 0 Å². The Bertz CT molecular complexity index is 394. The molecular weight excluding hydrogens is 231 g/mol. The van der Waals surface area contributed by atoms with Gasteiger partial charge in [0.05, 0.1) is 12.7 Å². The number of halogens is 3. The third kappa shape index (κ3) is 3.63. The molecule has 0 unspecified atom stereocenters. The van der Waals surface area contributed by atoms with Crippen LogP contribution in [0.25, 0.3) is 0 Å². The summed E-state index contributed by atoms with van der Waals surface area (Å²) >= 11 is 0. The number of hydrogen-bond donors (Lipinski definition) is 1. The minimum Gasteiger partial charge on any atom is -0.496 e. The van der Waals surface area contributed by atoms with E-state index >= 15 is 0 Å². The van der Waals surface area contributed by atoms with E-state index in [1.54, 1.807) is 19.9 Å². The number of methoxy groups -OCH3 is 1. The van der Waals surface area contributed by atoms with Crippen LogP contribution in [-0.4, -0.2) is 12.6 Å². The zero-order valence-corrected chi connectivity index (χ0v) is 10.1. The van der Waals surface area contributed by atoms with E-state index in [2.05, 4.69) is 0 Å². The Labute approximate surface area is 98.6 Å². The van der Waals surface area contributed by atoms with Crippen LogP contribution in [0.5, 0.6) is 5.75 Å². The van der Waals surface area contributed by atoms with Crippen molar-refractivity contribution in [3.8, 4) is 5.75 Å². The first-order valence-corrected chi connectivity index (χ1v) is 5.17. The lowest BCUT2D eigenvalue weighted by Gasteiger charge is -2.22. The van der Waals surface area contributed by atoms with Gasteiger partial charge in [-0.2, -0.15) is 13.2 Å². The van der Waals surface area contributed by atoms with Crippen molar-refractivity contribution in [2.24, 2.45) is 5.73 Å². The van der Waals surface area contributed by atoms with Gasteiger partial charge in [0.2, 0.25) is 0 Å². The number of rotatable bonds is 3. The van der Waals surface area contributed by atoms with E-state index in [4.69, 9.17) is 10.5 Å². The highest BCUT2D eigenvalue weighted by molar-refractivity contribution is 5.44.